The number of rotatable bonds is 2. The predicted octanol–water partition coefficient (Wildman–Crippen LogP) is -0.295. The number of anilines is 1. The van der Waals surface area contributed by atoms with Crippen LogP contribution in [0.5, 0.6) is 0 Å². The SMILES string of the molecule is CC[NH+]1CCC(n2nccc2N)CC1. The van der Waals surface area contributed by atoms with E-state index in [1.807, 2.05) is 10.7 Å². The van der Waals surface area contributed by atoms with E-state index in [0.717, 1.165) is 5.82 Å². The molecule has 0 spiro atoms. The predicted molar refractivity (Wildman–Crippen MR) is 56.1 cm³/mol. The monoisotopic (exact) mass is 195 g/mol. The van der Waals surface area contributed by atoms with Crippen molar-refractivity contribution >= 4 is 5.82 Å². The molecule has 1 aliphatic rings. The summed E-state index contributed by atoms with van der Waals surface area (Å²) in [5, 5.41) is 4.27. The van der Waals surface area contributed by atoms with Gasteiger partial charge in [0.2, 0.25) is 0 Å². The molecule has 0 atom stereocenters. The van der Waals surface area contributed by atoms with E-state index in [1.54, 1.807) is 11.1 Å². The first kappa shape index (κ1) is 9.52. The van der Waals surface area contributed by atoms with Crippen molar-refractivity contribution in [3.8, 4) is 0 Å². The van der Waals surface area contributed by atoms with Crippen LogP contribution in [0.25, 0.3) is 0 Å². The Hall–Kier alpha value is -1.03. The molecule has 1 saturated heterocycles. The number of quaternary nitrogens is 1. The molecule has 78 valence electrons. The second-order valence-corrected chi connectivity index (χ2v) is 4.04. The summed E-state index contributed by atoms with van der Waals surface area (Å²) in [6, 6.07) is 2.40. The lowest BCUT2D eigenvalue weighted by molar-refractivity contribution is -0.904. The van der Waals surface area contributed by atoms with Crippen molar-refractivity contribution in [1.82, 2.24) is 9.78 Å². The first-order valence-electron chi connectivity index (χ1n) is 5.43. The number of nitrogens with one attached hydrogen (secondary N) is 1. The fourth-order valence-corrected chi connectivity index (χ4v) is 2.24. The van der Waals surface area contributed by atoms with Crippen molar-refractivity contribution in [3.05, 3.63) is 12.3 Å². The number of hydrogen-bond acceptors (Lipinski definition) is 2. The van der Waals surface area contributed by atoms with E-state index in [-0.39, 0.29) is 0 Å². The maximum absolute atomic E-state index is 5.83. The minimum atomic E-state index is 0.528. The molecule has 3 N–H and O–H groups in total. The number of piperidine rings is 1. The highest BCUT2D eigenvalue weighted by molar-refractivity contribution is 5.26. The van der Waals surface area contributed by atoms with E-state index in [4.69, 9.17) is 5.73 Å². The topological polar surface area (TPSA) is 48.3 Å². The van der Waals surface area contributed by atoms with Gasteiger partial charge in [0.1, 0.15) is 5.82 Å². The van der Waals surface area contributed by atoms with E-state index in [2.05, 4.69) is 12.0 Å². The van der Waals surface area contributed by atoms with E-state index >= 15 is 0 Å². The third-order valence-electron chi connectivity index (χ3n) is 3.21. The lowest BCUT2D eigenvalue weighted by Crippen LogP contribution is -3.12. The lowest BCUT2D eigenvalue weighted by atomic mass is 10.1. The Labute approximate surface area is 84.7 Å². The van der Waals surface area contributed by atoms with Crippen LogP contribution in [0.4, 0.5) is 5.82 Å². The molecule has 0 radical (unpaired) electrons. The zero-order valence-corrected chi connectivity index (χ0v) is 8.74. The molecular formula is C10H19N4+. The van der Waals surface area contributed by atoms with Gasteiger partial charge >= 0.3 is 0 Å². The Bertz CT molecular complexity index is 286. The Morgan fingerprint density at radius 1 is 1.57 bits per heavy atom. The van der Waals surface area contributed by atoms with Crippen molar-refractivity contribution in [1.29, 1.82) is 0 Å². The molecule has 4 heteroatoms. The summed E-state index contributed by atoms with van der Waals surface area (Å²) >= 11 is 0. The highest BCUT2D eigenvalue weighted by Gasteiger charge is 2.23. The van der Waals surface area contributed by atoms with Crippen LogP contribution < -0.4 is 10.6 Å². The number of nitrogens with two attached hydrogens (primary N) is 1. The minimum absolute atomic E-state index is 0.528. The second kappa shape index (κ2) is 4.00. The molecule has 1 aromatic heterocycles. The molecule has 0 aromatic carbocycles. The third-order valence-corrected chi connectivity index (χ3v) is 3.21. The molecule has 0 aliphatic carbocycles. The minimum Gasteiger partial charge on any atom is -0.384 e. The first-order valence-corrected chi connectivity index (χ1v) is 5.43. The van der Waals surface area contributed by atoms with Gasteiger partial charge < -0.3 is 10.6 Å². The van der Waals surface area contributed by atoms with Crippen LogP contribution in [0.1, 0.15) is 25.8 Å². The number of aromatic nitrogens is 2. The zero-order chi connectivity index (χ0) is 9.97. The van der Waals surface area contributed by atoms with Crippen LogP contribution in [0, 0.1) is 0 Å². The lowest BCUT2D eigenvalue weighted by Gasteiger charge is -2.28. The van der Waals surface area contributed by atoms with Crippen molar-refractivity contribution in [2.24, 2.45) is 0 Å². The van der Waals surface area contributed by atoms with Crippen LogP contribution in [-0.2, 0) is 0 Å². The Kier molecular flexibility index (Phi) is 2.72. The molecule has 2 heterocycles. The summed E-state index contributed by atoms with van der Waals surface area (Å²) in [6.07, 6.45) is 4.19. The number of hydrogen-bond donors (Lipinski definition) is 2. The van der Waals surface area contributed by atoms with Gasteiger partial charge in [0.25, 0.3) is 0 Å². The first-order chi connectivity index (χ1) is 6.81. The molecule has 0 unspecified atom stereocenters. The van der Waals surface area contributed by atoms with Gasteiger partial charge in [-0.25, -0.2) is 4.68 Å². The van der Waals surface area contributed by atoms with Crippen LogP contribution in [0.15, 0.2) is 12.3 Å². The largest absolute Gasteiger partial charge is 0.384 e. The van der Waals surface area contributed by atoms with Gasteiger partial charge in [0, 0.05) is 12.8 Å². The van der Waals surface area contributed by atoms with Gasteiger partial charge in [-0.05, 0) is 13.0 Å². The van der Waals surface area contributed by atoms with Crippen LogP contribution in [0.2, 0.25) is 0 Å². The van der Waals surface area contributed by atoms with E-state index in [0.29, 0.717) is 6.04 Å². The van der Waals surface area contributed by atoms with Gasteiger partial charge in [-0.1, -0.05) is 0 Å². The maximum atomic E-state index is 5.83. The third kappa shape index (κ3) is 1.75. The van der Waals surface area contributed by atoms with Crippen molar-refractivity contribution in [2.45, 2.75) is 25.8 Å². The normalized spacial score (nSPS) is 27.8. The fraction of sp³-hybridized carbons (Fsp3) is 0.700. The standard InChI is InChI=1S/C10H18N4/c1-2-13-7-4-9(5-8-13)14-10(11)3-6-12-14/h3,6,9H,2,4-5,7-8,11H2,1H3/p+1. The van der Waals surface area contributed by atoms with E-state index in [1.165, 1.54) is 32.5 Å². The second-order valence-electron chi connectivity index (χ2n) is 4.04. The number of nitrogen functional groups attached to an aromatic ring is 1. The molecule has 1 aliphatic heterocycles. The maximum Gasteiger partial charge on any atom is 0.121 e. The smallest absolute Gasteiger partial charge is 0.121 e. The average Bonchev–Trinajstić information content (AvgIpc) is 2.65. The van der Waals surface area contributed by atoms with Gasteiger partial charge in [-0.15, -0.1) is 0 Å². The molecular weight excluding hydrogens is 176 g/mol. The molecule has 0 amide bonds. The Morgan fingerprint density at radius 3 is 2.79 bits per heavy atom. The Morgan fingerprint density at radius 2 is 2.29 bits per heavy atom. The highest BCUT2D eigenvalue weighted by Crippen LogP contribution is 2.18. The Balaban J connectivity index is 1.99. The van der Waals surface area contributed by atoms with Crippen molar-refractivity contribution < 1.29 is 4.90 Å². The number of likely N-dealkylation sites (tertiary alicyclic amines) is 1. The summed E-state index contributed by atoms with van der Waals surface area (Å²) < 4.78 is 1.98. The van der Waals surface area contributed by atoms with E-state index in [9.17, 15) is 0 Å². The summed E-state index contributed by atoms with van der Waals surface area (Å²) in [5.41, 5.74) is 5.83. The quantitative estimate of drug-likeness (QED) is 0.681. The van der Waals surface area contributed by atoms with Gasteiger partial charge in [0.05, 0.1) is 31.9 Å². The average molecular weight is 195 g/mol. The zero-order valence-electron chi connectivity index (χ0n) is 8.74. The fourth-order valence-electron chi connectivity index (χ4n) is 2.24. The van der Waals surface area contributed by atoms with Crippen molar-refractivity contribution in [3.63, 3.8) is 0 Å². The molecule has 0 bridgehead atoms. The summed E-state index contributed by atoms with van der Waals surface area (Å²) in [7, 11) is 0. The van der Waals surface area contributed by atoms with Gasteiger partial charge in [-0.2, -0.15) is 5.10 Å². The molecule has 14 heavy (non-hydrogen) atoms. The molecule has 4 nitrogen and oxygen atoms in total. The van der Waals surface area contributed by atoms with Gasteiger partial charge in [0.15, 0.2) is 0 Å². The van der Waals surface area contributed by atoms with Crippen LogP contribution in [-0.4, -0.2) is 29.4 Å². The summed E-state index contributed by atoms with van der Waals surface area (Å²) in [6.45, 7) is 5.99. The van der Waals surface area contributed by atoms with E-state index < -0.39 is 0 Å². The summed E-state index contributed by atoms with van der Waals surface area (Å²) in [5.74, 6) is 0.801. The van der Waals surface area contributed by atoms with Gasteiger partial charge in [-0.3, -0.25) is 0 Å². The van der Waals surface area contributed by atoms with Crippen LogP contribution in [0.3, 0.4) is 0 Å². The molecule has 1 aromatic rings. The number of nitrogens with zero attached hydrogens (tertiary/aromatic N) is 2. The molecule has 1 fully saturated rings. The molecule has 2 rings (SSSR count). The molecule has 0 saturated carbocycles. The summed E-state index contributed by atoms with van der Waals surface area (Å²) in [4.78, 5) is 1.70. The van der Waals surface area contributed by atoms with Crippen LogP contribution >= 0.6 is 0 Å². The van der Waals surface area contributed by atoms with Crippen molar-refractivity contribution in [2.75, 3.05) is 25.4 Å². The highest BCUT2D eigenvalue weighted by atomic mass is 15.3.